The molecular weight excluding hydrogens is 427 g/mol. The number of carbonyl (C=O) groups is 2. The number of hydrogen-bond donors (Lipinski definition) is 0. The maximum absolute atomic E-state index is 12.0. The van der Waals surface area contributed by atoms with Gasteiger partial charge in [0, 0.05) is 12.1 Å². The Bertz CT molecular complexity index is 867. The van der Waals surface area contributed by atoms with E-state index in [1.807, 2.05) is 27.7 Å². The zero-order valence-electron chi connectivity index (χ0n) is 19.9. The summed E-state index contributed by atoms with van der Waals surface area (Å²) in [6.07, 6.45) is 0. The Morgan fingerprint density at radius 3 is 1.45 bits per heavy atom. The first-order chi connectivity index (χ1) is 15.7. The third-order valence-corrected chi connectivity index (χ3v) is 4.23. The van der Waals surface area contributed by atoms with Gasteiger partial charge in [-0.05, 0) is 36.1 Å². The van der Waals surface area contributed by atoms with Crippen LogP contribution in [0.5, 0.6) is 23.0 Å². The molecule has 1 radical (unpaired) electrons. The van der Waals surface area contributed by atoms with Crippen molar-refractivity contribution in [2.45, 2.75) is 27.7 Å². The van der Waals surface area contributed by atoms with Crippen molar-refractivity contribution < 1.29 is 37.8 Å². The van der Waals surface area contributed by atoms with Gasteiger partial charge in [-0.2, -0.15) is 0 Å². The molecule has 0 spiro atoms. The maximum Gasteiger partial charge on any atom is 0.658 e. The lowest BCUT2D eigenvalue weighted by Crippen LogP contribution is -2.14. The molecule has 0 unspecified atom stereocenters. The fraction of sp³-hybridized carbons (Fsp3) is 0.417. The summed E-state index contributed by atoms with van der Waals surface area (Å²) < 4.78 is 32.2. The number of hydrogen-bond acceptors (Lipinski definition) is 8. The second-order valence-electron chi connectivity index (χ2n) is 8.04. The fourth-order valence-electron chi connectivity index (χ4n) is 2.60. The molecule has 2 aromatic rings. The van der Waals surface area contributed by atoms with Gasteiger partial charge in [0.05, 0.1) is 27.4 Å². The molecule has 0 aliphatic carbocycles. The van der Waals surface area contributed by atoms with E-state index in [1.165, 1.54) is 14.2 Å². The van der Waals surface area contributed by atoms with Gasteiger partial charge in [-0.1, -0.05) is 27.7 Å². The van der Waals surface area contributed by atoms with E-state index in [0.717, 1.165) is 7.69 Å². The van der Waals surface area contributed by atoms with Gasteiger partial charge >= 0.3 is 19.6 Å². The van der Waals surface area contributed by atoms with Gasteiger partial charge in [0.25, 0.3) is 0 Å². The second kappa shape index (κ2) is 12.6. The SMILES string of the molecule is COC(=O)c1ccc(O[B]Oc2ccc(C(=O)OC)c(OCC(C)C)c2)cc1OCC(C)C. The first-order valence-electron chi connectivity index (χ1n) is 10.6. The van der Waals surface area contributed by atoms with Crippen LogP contribution >= 0.6 is 0 Å². The fourth-order valence-corrected chi connectivity index (χ4v) is 2.60. The van der Waals surface area contributed by atoms with E-state index < -0.39 is 11.9 Å². The summed E-state index contributed by atoms with van der Waals surface area (Å²) in [4.78, 5) is 24.0. The molecule has 0 atom stereocenters. The Labute approximate surface area is 195 Å². The van der Waals surface area contributed by atoms with Crippen molar-refractivity contribution in [1.29, 1.82) is 0 Å². The lowest BCUT2D eigenvalue weighted by Gasteiger charge is -2.15. The molecule has 9 heteroatoms. The van der Waals surface area contributed by atoms with Crippen molar-refractivity contribution >= 4 is 19.6 Å². The van der Waals surface area contributed by atoms with E-state index in [-0.39, 0.29) is 11.8 Å². The molecule has 0 saturated carbocycles. The zero-order chi connectivity index (χ0) is 24.4. The molecule has 8 nitrogen and oxygen atoms in total. The molecule has 0 N–H and O–H groups in total. The lowest BCUT2D eigenvalue weighted by molar-refractivity contribution is 0.0586. The van der Waals surface area contributed by atoms with Gasteiger partial charge in [0.15, 0.2) is 0 Å². The predicted molar refractivity (Wildman–Crippen MR) is 123 cm³/mol. The van der Waals surface area contributed by atoms with Gasteiger partial charge < -0.3 is 28.3 Å². The molecular formula is C24H30BO8. The third kappa shape index (κ3) is 7.93. The van der Waals surface area contributed by atoms with Crippen LogP contribution in [-0.4, -0.2) is 47.1 Å². The summed E-state index contributed by atoms with van der Waals surface area (Å²) >= 11 is 0. The van der Waals surface area contributed by atoms with Crippen LogP contribution in [0, 0.1) is 11.8 Å². The van der Waals surface area contributed by atoms with Crippen LogP contribution in [0.15, 0.2) is 36.4 Å². The Kier molecular flexibility index (Phi) is 9.91. The minimum Gasteiger partial charge on any atom is -0.526 e. The molecule has 0 heterocycles. The van der Waals surface area contributed by atoms with Gasteiger partial charge in [-0.3, -0.25) is 0 Å². The Hall–Kier alpha value is -3.36. The van der Waals surface area contributed by atoms with E-state index in [9.17, 15) is 9.59 Å². The number of rotatable bonds is 12. The molecule has 0 aliphatic heterocycles. The highest BCUT2D eigenvalue weighted by Crippen LogP contribution is 2.28. The topological polar surface area (TPSA) is 89.5 Å². The van der Waals surface area contributed by atoms with Crippen LogP contribution in [-0.2, 0) is 9.47 Å². The molecule has 0 saturated heterocycles. The van der Waals surface area contributed by atoms with E-state index in [4.69, 9.17) is 28.3 Å². The molecule has 0 amide bonds. The molecule has 33 heavy (non-hydrogen) atoms. The Morgan fingerprint density at radius 1 is 0.727 bits per heavy atom. The molecule has 2 rings (SSSR count). The number of methoxy groups -OCH3 is 2. The van der Waals surface area contributed by atoms with Crippen molar-refractivity contribution in [3.8, 4) is 23.0 Å². The third-order valence-electron chi connectivity index (χ3n) is 4.23. The number of esters is 2. The van der Waals surface area contributed by atoms with Crippen molar-refractivity contribution in [1.82, 2.24) is 0 Å². The standard InChI is InChI=1S/C24H30BO8/c1-15(2)13-30-21-11-17(7-9-19(21)23(26)28-5)32-25-33-18-8-10-20(24(27)29-6)22(12-18)31-14-16(3)4/h7-12,15-16H,13-14H2,1-6H3. The number of ether oxygens (including phenoxy) is 4. The predicted octanol–water partition coefficient (Wildman–Crippen LogP) is 4.32. The summed E-state index contributed by atoms with van der Waals surface area (Å²) in [5.41, 5.74) is 0.605. The van der Waals surface area contributed by atoms with Crippen molar-refractivity contribution in [3.05, 3.63) is 47.5 Å². The number of carbonyl (C=O) groups excluding carboxylic acids is 2. The summed E-state index contributed by atoms with van der Waals surface area (Å²) in [7, 11) is 3.76. The van der Waals surface area contributed by atoms with Crippen LogP contribution in [0.4, 0.5) is 0 Å². The van der Waals surface area contributed by atoms with E-state index >= 15 is 0 Å². The largest absolute Gasteiger partial charge is 0.658 e. The molecule has 2 aromatic carbocycles. The normalized spacial score (nSPS) is 10.5. The summed E-state index contributed by atoms with van der Waals surface area (Å²) in [6, 6.07) is 9.51. The van der Waals surface area contributed by atoms with Crippen molar-refractivity contribution in [3.63, 3.8) is 0 Å². The smallest absolute Gasteiger partial charge is 0.526 e. The zero-order valence-corrected chi connectivity index (χ0v) is 19.9. The van der Waals surface area contributed by atoms with Crippen molar-refractivity contribution in [2.75, 3.05) is 27.4 Å². The highest BCUT2D eigenvalue weighted by molar-refractivity contribution is 6.20. The molecule has 0 fully saturated rings. The maximum atomic E-state index is 12.0. The van der Waals surface area contributed by atoms with Gasteiger partial charge in [-0.15, -0.1) is 0 Å². The molecule has 0 aromatic heterocycles. The van der Waals surface area contributed by atoms with Crippen LogP contribution in [0.25, 0.3) is 0 Å². The average molecular weight is 457 g/mol. The summed E-state index contributed by atoms with van der Waals surface area (Å²) in [6.45, 7) is 8.88. The lowest BCUT2D eigenvalue weighted by atomic mass is 10.1. The van der Waals surface area contributed by atoms with Crippen LogP contribution in [0.2, 0.25) is 0 Å². The first-order valence-corrected chi connectivity index (χ1v) is 10.6. The highest BCUT2D eigenvalue weighted by atomic mass is 16.6. The number of benzene rings is 2. The van der Waals surface area contributed by atoms with Gasteiger partial charge in [0.1, 0.15) is 34.1 Å². The van der Waals surface area contributed by atoms with Crippen LogP contribution in [0.1, 0.15) is 48.4 Å². The Morgan fingerprint density at radius 2 is 1.12 bits per heavy atom. The van der Waals surface area contributed by atoms with E-state index in [0.29, 0.717) is 47.3 Å². The minimum atomic E-state index is -0.500. The highest BCUT2D eigenvalue weighted by Gasteiger charge is 2.17. The average Bonchev–Trinajstić information content (AvgIpc) is 2.80. The van der Waals surface area contributed by atoms with Gasteiger partial charge in [-0.25, -0.2) is 9.59 Å². The first kappa shape index (κ1) is 25.9. The van der Waals surface area contributed by atoms with Crippen LogP contribution < -0.4 is 18.8 Å². The van der Waals surface area contributed by atoms with E-state index in [2.05, 4.69) is 0 Å². The second-order valence-corrected chi connectivity index (χ2v) is 8.04. The quantitative estimate of drug-likeness (QED) is 0.344. The minimum absolute atomic E-state index is 0.273. The summed E-state index contributed by atoms with van der Waals surface area (Å²) in [5.74, 6) is 1.07. The molecule has 0 bridgehead atoms. The van der Waals surface area contributed by atoms with E-state index in [1.54, 1.807) is 36.4 Å². The monoisotopic (exact) mass is 457 g/mol. The molecule has 0 aliphatic rings. The molecule has 177 valence electrons. The Balaban J connectivity index is 2.10. The van der Waals surface area contributed by atoms with Gasteiger partial charge in [0.2, 0.25) is 0 Å². The summed E-state index contributed by atoms with van der Waals surface area (Å²) in [5, 5.41) is 0. The van der Waals surface area contributed by atoms with Crippen LogP contribution in [0.3, 0.4) is 0 Å². The van der Waals surface area contributed by atoms with Crippen molar-refractivity contribution in [2.24, 2.45) is 11.8 Å².